The zero-order valence-corrected chi connectivity index (χ0v) is 12.8. The summed E-state index contributed by atoms with van der Waals surface area (Å²) in [7, 11) is 0. The van der Waals surface area contributed by atoms with E-state index in [0.29, 0.717) is 16.3 Å². The summed E-state index contributed by atoms with van der Waals surface area (Å²) in [6, 6.07) is 7.08. The maximum absolute atomic E-state index is 12.1. The minimum atomic E-state index is -0.203. The molecule has 0 radical (unpaired) electrons. The van der Waals surface area contributed by atoms with Crippen LogP contribution in [0.3, 0.4) is 0 Å². The van der Waals surface area contributed by atoms with Crippen LogP contribution >= 0.6 is 27.5 Å². The molecule has 1 amide bonds. The number of amides is 1. The second-order valence-electron chi connectivity index (χ2n) is 4.25. The monoisotopic (exact) mass is 338 g/mol. The van der Waals surface area contributed by atoms with E-state index < -0.39 is 0 Å². The van der Waals surface area contributed by atoms with E-state index in [1.165, 1.54) is 0 Å². The smallest absolute Gasteiger partial charge is 0.255 e. The van der Waals surface area contributed by atoms with Gasteiger partial charge in [0.25, 0.3) is 5.91 Å². The fraction of sp³-hybridized carbons (Fsp3) is 0.143. The SMILES string of the molecule is Cc1ccc(C(=O)Nc2cnc(Br)c(C)c2)cc1Cl. The maximum Gasteiger partial charge on any atom is 0.255 e. The van der Waals surface area contributed by atoms with Gasteiger partial charge in [-0.2, -0.15) is 0 Å². The van der Waals surface area contributed by atoms with Crippen molar-refractivity contribution < 1.29 is 4.79 Å². The summed E-state index contributed by atoms with van der Waals surface area (Å²) in [5.74, 6) is -0.203. The van der Waals surface area contributed by atoms with Crippen LogP contribution < -0.4 is 5.32 Å². The van der Waals surface area contributed by atoms with Crippen LogP contribution in [0.5, 0.6) is 0 Å². The van der Waals surface area contributed by atoms with Gasteiger partial charge < -0.3 is 5.32 Å². The summed E-state index contributed by atoms with van der Waals surface area (Å²) >= 11 is 9.33. The van der Waals surface area contributed by atoms with Gasteiger partial charge in [-0.3, -0.25) is 4.79 Å². The lowest BCUT2D eigenvalue weighted by atomic mass is 10.1. The Morgan fingerprint density at radius 2 is 2.00 bits per heavy atom. The average Bonchev–Trinajstić information content (AvgIpc) is 2.37. The predicted molar refractivity (Wildman–Crippen MR) is 80.8 cm³/mol. The third kappa shape index (κ3) is 3.33. The predicted octanol–water partition coefficient (Wildman–Crippen LogP) is 4.37. The Morgan fingerprint density at radius 1 is 1.26 bits per heavy atom. The zero-order valence-electron chi connectivity index (χ0n) is 10.5. The minimum absolute atomic E-state index is 0.203. The number of aromatic nitrogens is 1. The molecule has 5 heteroatoms. The highest BCUT2D eigenvalue weighted by molar-refractivity contribution is 9.10. The van der Waals surface area contributed by atoms with Crippen LogP contribution in [0, 0.1) is 13.8 Å². The van der Waals surface area contributed by atoms with Crippen molar-refractivity contribution in [1.82, 2.24) is 4.98 Å². The molecule has 0 aliphatic rings. The molecule has 0 bridgehead atoms. The Morgan fingerprint density at radius 3 is 2.63 bits per heavy atom. The van der Waals surface area contributed by atoms with Crippen LogP contribution in [0.2, 0.25) is 5.02 Å². The molecule has 19 heavy (non-hydrogen) atoms. The van der Waals surface area contributed by atoms with Gasteiger partial charge in [0, 0.05) is 10.6 Å². The molecule has 1 heterocycles. The molecule has 0 saturated heterocycles. The molecule has 0 saturated carbocycles. The Balaban J connectivity index is 2.20. The number of anilines is 1. The molecular formula is C14H12BrClN2O. The number of aryl methyl sites for hydroxylation is 2. The van der Waals surface area contributed by atoms with E-state index in [9.17, 15) is 4.79 Å². The zero-order chi connectivity index (χ0) is 14.0. The van der Waals surface area contributed by atoms with Crippen molar-refractivity contribution in [3.63, 3.8) is 0 Å². The molecule has 0 aliphatic heterocycles. The van der Waals surface area contributed by atoms with Crippen molar-refractivity contribution in [3.05, 3.63) is 56.8 Å². The van der Waals surface area contributed by atoms with E-state index in [0.717, 1.165) is 15.7 Å². The number of nitrogens with zero attached hydrogens (tertiary/aromatic N) is 1. The maximum atomic E-state index is 12.1. The summed E-state index contributed by atoms with van der Waals surface area (Å²) < 4.78 is 0.767. The lowest BCUT2D eigenvalue weighted by Crippen LogP contribution is -2.12. The average molecular weight is 340 g/mol. The van der Waals surface area contributed by atoms with Gasteiger partial charge in [0.2, 0.25) is 0 Å². The fourth-order valence-corrected chi connectivity index (χ4v) is 1.96. The van der Waals surface area contributed by atoms with Crippen LogP contribution in [-0.2, 0) is 0 Å². The quantitative estimate of drug-likeness (QED) is 0.826. The number of pyridine rings is 1. The molecule has 1 N–H and O–H groups in total. The number of rotatable bonds is 2. The summed E-state index contributed by atoms with van der Waals surface area (Å²) in [6.45, 7) is 3.81. The molecule has 0 aliphatic carbocycles. The number of nitrogens with one attached hydrogen (secondary N) is 1. The molecule has 0 fully saturated rings. The van der Waals surface area contributed by atoms with E-state index in [1.807, 2.05) is 26.0 Å². The van der Waals surface area contributed by atoms with Gasteiger partial charge in [0.1, 0.15) is 4.60 Å². The molecule has 2 rings (SSSR count). The molecule has 0 unspecified atom stereocenters. The number of halogens is 2. The van der Waals surface area contributed by atoms with Crippen molar-refractivity contribution in [2.24, 2.45) is 0 Å². The summed E-state index contributed by atoms with van der Waals surface area (Å²) in [5.41, 5.74) is 3.08. The molecule has 2 aromatic rings. The Labute approximate surface area is 125 Å². The van der Waals surface area contributed by atoms with Gasteiger partial charge in [0.15, 0.2) is 0 Å². The van der Waals surface area contributed by atoms with E-state index >= 15 is 0 Å². The summed E-state index contributed by atoms with van der Waals surface area (Å²) in [6.07, 6.45) is 1.60. The largest absolute Gasteiger partial charge is 0.321 e. The lowest BCUT2D eigenvalue weighted by molar-refractivity contribution is 0.102. The molecule has 98 valence electrons. The van der Waals surface area contributed by atoms with Crippen LogP contribution in [0.15, 0.2) is 35.1 Å². The molecule has 3 nitrogen and oxygen atoms in total. The number of carbonyl (C=O) groups is 1. The van der Waals surface area contributed by atoms with Crippen LogP contribution in [0.1, 0.15) is 21.5 Å². The summed E-state index contributed by atoms with van der Waals surface area (Å²) in [4.78, 5) is 16.2. The van der Waals surface area contributed by atoms with Crippen molar-refractivity contribution in [1.29, 1.82) is 0 Å². The first-order chi connectivity index (χ1) is 8.97. The summed E-state index contributed by atoms with van der Waals surface area (Å²) in [5, 5.41) is 3.37. The fourth-order valence-electron chi connectivity index (χ4n) is 1.56. The first-order valence-electron chi connectivity index (χ1n) is 5.67. The first-order valence-corrected chi connectivity index (χ1v) is 6.84. The van der Waals surface area contributed by atoms with Crippen molar-refractivity contribution >= 4 is 39.1 Å². The molecule has 1 aromatic heterocycles. The van der Waals surface area contributed by atoms with Gasteiger partial charge in [-0.25, -0.2) is 4.98 Å². The topological polar surface area (TPSA) is 42.0 Å². The van der Waals surface area contributed by atoms with Crippen LogP contribution in [0.4, 0.5) is 5.69 Å². The third-order valence-corrected chi connectivity index (χ3v) is 3.94. The second kappa shape index (κ2) is 5.72. The third-order valence-electron chi connectivity index (χ3n) is 2.71. The highest BCUT2D eigenvalue weighted by atomic mass is 79.9. The van der Waals surface area contributed by atoms with E-state index in [2.05, 4.69) is 26.2 Å². The Hall–Kier alpha value is -1.39. The van der Waals surface area contributed by atoms with Crippen molar-refractivity contribution in [2.45, 2.75) is 13.8 Å². The van der Waals surface area contributed by atoms with Gasteiger partial charge in [-0.1, -0.05) is 17.7 Å². The van der Waals surface area contributed by atoms with Crippen LogP contribution in [-0.4, -0.2) is 10.9 Å². The van der Waals surface area contributed by atoms with E-state index in [1.54, 1.807) is 18.3 Å². The van der Waals surface area contributed by atoms with Gasteiger partial charge in [-0.15, -0.1) is 0 Å². The standard InChI is InChI=1S/C14H12BrClN2O/c1-8-3-4-10(6-12(8)16)14(19)18-11-5-9(2)13(15)17-7-11/h3-7H,1-2H3,(H,18,19). The number of benzene rings is 1. The van der Waals surface area contributed by atoms with E-state index in [4.69, 9.17) is 11.6 Å². The molecule has 1 aromatic carbocycles. The molecular weight excluding hydrogens is 328 g/mol. The number of hydrogen-bond donors (Lipinski definition) is 1. The Kier molecular flexibility index (Phi) is 4.22. The molecule has 0 spiro atoms. The minimum Gasteiger partial charge on any atom is -0.321 e. The Bertz CT molecular complexity index is 643. The second-order valence-corrected chi connectivity index (χ2v) is 5.41. The van der Waals surface area contributed by atoms with Gasteiger partial charge in [-0.05, 0) is 59.1 Å². The molecule has 0 atom stereocenters. The highest BCUT2D eigenvalue weighted by Gasteiger charge is 2.08. The number of carbonyl (C=O) groups excluding carboxylic acids is 1. The van der Waals surface area contributed by atoms with E-state index in [-0.39, 0.29) is 5.91 Å². The highest BCUT2D eigenvalue weighted by Crippen LogP contribution is 2.19. The van der Waals surface area contributed by atoms with Gasteiger partial charge in [0.05, 0.1) is 11.9 Å². The van der Waals surface area contributed by atoms with Gasteiger partial charge >= 0.3 is 0 Å². The first kappa shape index (κ1) is 14.0. The van der Waals surface area contributed by atoms with Crippen molar-refractivity contribution in [3.8, 4) is 0 Å². The number of hydrogen-bond acceptors (Lipinski definition) is 2. The van der Waals surface area contributed by atoms with Crippen LogP contribution in [0.25, 0.3) is 0 Å². The normalized spacial score (nSPS) is 10.3. The van der Waals surface area contributed by atoms with Crippen molar-refractivity contribution in [2.75, 3.05) is 5.32 Å². The lowest BCUT2D eigenvalue weighted by Gasteiger charge is -2.07.